The zero-order valence-electron chi connectivity index (χ0n) is 15.5. The Kier molecular flexibility index (Phi) is 6.78. The van der Waals surface area contributed by atoms with Gasteiger partial charge in [0.25, 0.3) is 0 Å². The highest BCUT2D eigenvalue weighted by Gasteiger charge is 2.45. The second kappa shape index (κ2) is 9.48. The molecule has 28 heavy (non-hydrogen) atoms. The maximum absolute atomic E-state index is 11.9. The molecule has 0 aromatic heterocycles. The number of nitrogens with zero attached hydrogens (tertiary/aromatic N) is 1. The van der Waals surface area contributed by atoms with E-state index in [1.807, 2.05) is 24.3 Å². The number of para-hydroxylation sites is 1. The Hall–Kier alpha value is -2.71. The minimum Gasteiger partial charge on any atom is -0.480 e. The number of hydrogen-bond donors (Lipinski definition) is 4. The van der Waals surface area contributed by atoms with E-state index >= 15 is 0 Å². The summed E-state index contributed by atoms with van der Waals surface area (Å²) in [4.78, 5) is 22.3. The van der Waals surface area contributed by atoms with Crippen molar-refractivity contribution in [2.24, 2.45) is 22.9 Å². The van der Waals surface area contributed by atoms with Gasteiger partial charge >= 0.3 is 12.0 Å². The molecule has 2 fully saturated rings. The van der Waals surface area contributed by atoms with Crippen molar-refractivity contribution in [2.75, 3.05) is 18.5 Å². The number of nitrogens with one attached hydrogen (secondary N) is 2. The summed E-state index contributed by atoms with van der Waals surface area (Å²) in [6.45, 7) is -0.0229. The highest BCUT2D eigenvalue weighted by Crippen LogP contribution is 2.49. The fourth-order valence-corrected chi connectivity index (χ4v) is 4.06. The lowest BCUT2D eigenvalue weighted by molar-refractivity contribution is -0.141. The molecule has 2 aliphatic rings. The predicted octanol–water partition coefficient (Wildman–Crippen LogP) is 2.23. The first-order valence-electron chi connectivity index (χ1n) is 9.33. The van der Waals surface area contributed by atoms with Gasteiger partial charge < -0.3 is 20.3 Å². The molecule has 1 aromatic carbocycles. The third-order valence-electron chi connectivity index (χ3n) is 5.27. The van der Waals surface area contributed by atoms with Crippen molar-refractivity contribution < 1.29 is 24.5 Å². The minimum absolute atomic E-state index is 0.118. The van der Waals surface area contributed by atoms with E-state index in [2.05, 4.69) is 15.8 Å². The first-order valence-corrected chi connectivity index (χ1v) is 9.33. The summed E-state index contributed by atoms with van der Waals surface area (Å²) >= 11 is 0. The molecule has 2 saturated carbocycles. The molecule has 4 atom stereocenters. The molecule has 8 heteroatoms. The number of amides is 2. The second-order valence-electron chi connectivity index (χ2n) is 7.19. The van der Waals surface area contributed by atoms with Crippen LogP contribution >= 0.6 is 0 Å². The van der Waals surface area contributed by atoms with Crippen molar-refractivity contribution in [1.82, 2.24) is 5.43 Å². The first-order chi connectivity index (χ1) is 13.5. The van der Waals surface area contributed by atoms with Gasteiger partial charge in [-0.15, -0.1) is 0 Å². The van der Waals surface area contributed by atoms with E-state index in [1.54, 1.807) is 18.3 Å². The number of anilines is 1. The Labute approximate surface area is 163 Å². The SMILES string of the molecule is O=C(O)COC/C=C1\C[C@H]2C[C@@H](O)[C@H](/C=N/NC(=O)Nc3ccccc3)[C@H]2C1. The van der Waals surface area contributed by atoms with Gasteiger partial charge in [0.15, 0.2) is 0 Å². The van der Waals surface area contributed by atoms with Gasteiger partial charge in [0.2, 0.25) is 0 Å². The van der Waals surface area contributed by atoms with E-state index in [0.717, 1.165) is 12.8 Å². The van der Waals surface area contributed by atoms with Crippen LogP contribution in [0, 0.1) is 17.8 Å². The molecule has 8 nitrogen and oxygen atoms in total. The van der Waals surface area contributed by atoms with Crippen molar-refractivity contribution in [3.8, 4) is 0 Å². The lowest BCUT2D eigenvalue weighted by atomic mass is 9.92. The average Bonchev–Trinajstić information content (AvgIpc) is 3.17. The van der Waals surface area contributed by atoms with Gasteiger partial charge in [-0.1, -0.05) is 29.8 Å². The quantitative estimate of drug-likeness (QED) is 0.247. The molecule has 2 amide bonds. The Balaban J connectivity index is 1.48. The largest absolute Gasteiger partial charge is 0.480 e. The van der Waals surface area contributed by atoms with Gasteiger partial charge in [0.1, 0.15) is 6.61 Å². The molecule has 2 aliphatic carbocycles. The fraction of sp³-hybridized carbons (Fsp3) is 0.450. The maximum Gasteiger partial charge on any atom is 0.339 e. The molecule has 150 valence electrons. The fourth-order valence-electron chi connectivity index (χ4n) is 4.06. The van der Waals surface area contributed by atoms with Crippen LogP contribution < -0.4 is 10.7 Å². The Morgan fingerprint density at radius 3 is 2.79 bits per heavy atom. The number of hydrazone groups is 1. The third kappa shape index (κ3) is 5.40. The van der Waals surface area contributed by atoms with Crippen LogP contribution in [0.3, 0.4) is 0 Å². The van der Waals surface area contributed by atoms with Gasteiger partial charge in [0, 0.05) is 17.8 Å². The van der Waals surface area contributed by atoms with Crippen LogP contribution in [0.1, 0.15) is 19.3 Å². The van der Waals surface area contributed by atoms with Crippen molar-refractivity contribution in [1.29, 1.82) is 0 Å². The monoisotopic (exact) mass is 387 g/mol. The molecule has 0 unspecified atom stereocenters. The summed E-state index contributed by atoms with van der Waals surface area (Å²) in [5.41, 5.74) is 4.34. The predicted molar refractivity (Wildman–Crippen MR) is 104 cm³/mol. The highest BCUT2D eigenvalue weighted by molar-refractivity contribution is 5.89. The summed E-state index contributed by atoms with van der Waals surface area (Å²) in [7, 11) is 0. The summed E-state index contributed by atoms with van der Waals surface area (Å²) in [6, 6.07) is 8.64. The van der Waals surface area contributed by atoms with Crippen LogP contribution in [-0.2, 0) is 9.53 Å². The van der Waals surface area contributed by atoms with Crippen LogP contribution in [0.4, 0.5) is 10.5 Å². The number of ether oxygens (including phenoxy) is 1. The minimum atomic E-state index is -0.982. The molecular weight excluding hydrogens is 362 g/mol. The number of allylic oxidation sites excluding steroid dienone is 1. The van der Waals surface area contributed by atoms with Crippen LogP contribution in [0.25, 0.3) is 0 Å². The van der Waals surface area contributed by atoms with E-state index in [1.165, 1.54) is 5.57 Å². The number of carbonyl (C=O) groups is 2. The van der Waals surface area contributed by atoms with Crippen LogP contribution in [0.5, 0.6) is 0 Å². The molecule has 0 bridgehead atoms. The van der Waals surface area contributed by atoms with E-state index in [4.69, 9.17) is 9.84 Å². The molecule has 0 radical (unpaired) electrons. The van der Waals surface area contributed by atoms with Crippen molar-refractivity contribution in [3.05, 3.63) is 42.0 Å². The number of carboxylic acids is 1. The smallest absolute Gasteiger partial charge is 0.339 e. The van der Waals surface area contributed by atoms with Crippen molar-refractivity contribution in [2.45, 2.75) is 25.4 Å². The van der Waals surface area contributed by atoms with Crippen molar-refractivity contribution in [3.63, 3.8) is 0 Å². The molecular formula is C20H25N3O5. The molecule has 3 rings (SSSR count). The van der Waals surface area contributed by atoms with E-state index in [-0.39, 0.29) is 25.0 Å². The maximum atomic E-state index is 11.9. The topological polar surface area (TPSA) is 120 Å². The number of aliphatic carboxylic acids is 1. The van der Waals surface area contributed by atoms with Crippen LogP contribution in [0.15, 0.2) is 47.1 Å². The molecule has 0 heterocycles. The number of carboxylic acid groups (broad SMARTS) is 1. The number of aliphatic hydroxyl groups is 1. The first kappa shape index (κ1) is 20.0. The zero-order valence-corrected chi connectivity index (χ0v) is 15.5. The van der Waals surface area contributed by atoms with Gasteiger partial charge in [-0.25, -0.2) is 15.0 Å². The number of urea groups is 1. The normalized spacial score (nSPS) is 27.8. The van der Waals surface area contributed by atoms with Crippen molar-refractivity contribution >= 4 is 23.9 Å². The van der Waals surface area contributed by atoms with Crippen LogP contribution in [-0.4, -0.2) is 47.7 Å². The lowest BCUT2D eigenvalue weighted by Gasteiger charge is -2.16. The number of hydrogen-bond acceptors (Lipinski definition) is 5. The Morgan fingerprint density at radius 2 is 2.04 bits per heavy atom. The van der Waals surface area contributed by atoms with E-state index in [9.17, 15) is 14.7 Å². The van der Waals surface area contributed by atoms with Crippen LogP contribution in [0.2, 0.25) is 0 Å². The highest BCUT2D eigenvalue weighted by atomic mass is 16.5. The third-order valence-corrected chi connectivity index (χ3v) is 5.27. The summed E-state index contributed by atoms with van der Waals surface area (Å²) in [6.07, 6.45) is 5.50. The summed E-state index contributed by atoms with van der Waals surface area (Å²) in [5.74, 6) is -0.462. The van der Waals surface area contributed by atoms with Gasteiger partial charge in [0.05, 0.1) is 12.7 Å². The van der Waals surface area contributed by atoms with Gasteiger partial charge in [-0.05, 0) is 43.2 Å². The molecule has 1 aromatic rings. The lowest BCUT2D eigenvalue weighted by Crippen LogP contribution is -2.27. The Bertz CT molecular complexity index is 749. The molecule has 0 saturated heterocycles. The van der Waals surface area contributed by atoms with E-state index < -0.39 is 18.1 Å². The average molecular weight is 387 g/mol. The number of fused-ring (bicyclic) bond motifs is 1. The van der Waals surface area contributed by atoms with E-state index in [0.29, 0.717) is 18.0 Å². The van der Waals surface area contributed by atoms with Gasteiger partial charge in [-0.3, -0.25) is 0 Å². The van der Waals surface area contributed by atoms with Gasteiger partial charge in [-0.2, -0.15) is 5.10 Å². The molecule has 4 N–H and O–H groups in total. The zero-order chi connectivity index (χ0) is 19.9. The Morgan fingerprint density at radius 1 is 1.25 bits per heavy atom. The summed E-state index contributed by atoms with van der Waals surface area (Å²) in [5, 5.41) is 25.6. The number of benzene rings is 1. The number of carbonyl (C=O) groups excluding carboxylic acids is 1. The number of rotatable bonds is 7. The molecule has 0 aliphatic heterocycles. The summed E-state index contributed by atoms with van der Waals surface area (Å²) < 4.78 is 5.06. The number of aliphatic hydroxyl groups excluding tert-OH is 1. The standard InChI is InChI=1S/C20H25N3O5/c24-18-10-14-8-13(6-7-28-12-19(25)26)9-16(14)17(18)11-21-23-20(27)22-15-4-2-1-3-5-15/h1-6,11,14,16-18,24H,7-10,12H2,(H,25,26)(H2,22,23,27)/b13-6+,21-11+/t14-,16-,17+,18+/m0/s1. The second-order valence-corrected chi connectivity index (χ2v) is 7.19. The molecule has 0 spiro atoms.